The average molecular weight is 582 g/mol. The van der Waals surface area contributed by atoms with Crippen molar-refractivity contribution in [2.45, 2.75) is 6.04 Å². The zero-order valence-corrected chi connectivity index (χ0v) is 22.8. The highest BCUT2D eigenvalue weighted by molar-refractivity contribution is 6.30. The van der Waals surface area contributed by atoms with Crippen LogP contribution in [0.25, 0.3) is 22.3 Å². The first-order valence-corrected chi connectivity index (χ1v) is 13.3. The zero-order valence-electron chi connectivity index (χ0n) is 21.3. The van der Waals surface area contributed by atoms with Gasteiger partial charge in [-0.25, -0.2) is 9.78 Å². The van der Waals surface area contributed by atoms with Crippen LogP contribution >= 0.6 is 23.2 Å². The molecule has 0 aliphatic heterocycles. The lowest BCUT2D eigenvalue weighted by Gasteiger charge is -2.23. The Bertz CT molecular complexity index is 1950. The van der Waals surface area contributed by atoms with E-state index >= 15 is 0 Å². The Balaban J connectivity index is 1.60. The number of aromatic carboxylic acids is 1. The summed E-state index contributed by atoms with van der Waals surface area (Å²) in [7, 11) is 0. The first-order chi connectivity index (χ1) is 19.9. The fraction of sp³-hybridized carbons (Fsp3) is 0.0312. The van der Waals surface area contributed by atoms with Gasteiger partial charge in [0.25, 0.3) is 5.56 Å². The summed E-state index contributed by atoms with van der Waals surface area (Å²) < 4.78 is 8.11. The van der Waals surface area contributed by atoms with E-state index in [1.807, 2.05) is 77.5 Å². The number of aromatic nitrogens is 3. The van der Waals surface area contributed by atoms with Gasteiger partial charge in [0.05, 0.1) is 11.6 Å². The number of fused-ring (bicyclic) bond motifs is 1. The van der Waals surface area contributed by atoms with Crippen LogP contribution in [-0.4, -0.2) is 25.6 Å². The summed E-state index contributed by atoms with van der Waals surface area (Å²) in [5.41, 5.74) is 1.79. The SMILES string of the molecule is O=C(O)c1c(Oc2cccc(Cl)c2)c2cc(C(c3ccc(Cl)cc3)n3ccnc3-c3ccccc3)ccc2[nH]c1=O. The number of halogens is 2. The molecule has 7 nitrogen and oxygen atoms in total. The number of hydrogen-bond acceptors (Lipinski definition) is 4. The van der Waals surface area contributed by atoms with Crippen LogP contribution in [0.3, 0.4) is 0 Å². The number of aromatic amines is 1. The van der Waals surface area contributed by atoms with Crippen molar-refractivity contribution < 1.29 is 14.6 Å². The molecule has 1 atom stereocenters. The molecule has 0 amide bonds. The maximum Gasteiger partial charge on any atom is 0.345 e. The molecule has 6 aromatic rings. The normalized spacial score (nSPS) is 11.9. The van der Waals surface area contributed by atoms with E-state index in [2.05, 4.69) is 9.97 Å². The Kier molecular flexibility index (Phi) is 7.05. The molecule has 41 heavy (non-hydrogen) atoms. The van der Waals surface area contributed by atoms with E-state index in [9.17, 15) is 14.7 Å². The van der Waals surface area contributed by atoms with E-state index in [0.29, 0.717) is 26.7 Å². The summed E-state index contributed by atoms with van der Waals surface area (Å²) in [4.78, 5) is 32.4. The molecule has 0 saturated heterocycles. The van der Waals surface area contributed by atoms with E-state index in [4.69, 9.17) is 27.9 Å². The number of pyridine rings is 1. The standard InChI is InChI=1S/C32H21Cl2N3O4/c33-22-12-9-19(10-13-22)28(37-16-15-35-30(37)20-5-2-1-3-6-20)21-11-14-26-25(17-21)29(27(32(39)40)31(38)36-26)41-24-8-4-7-23(34)18-24/h1-18,28H,(H,36,38)(H,39,40). The molecule has 2 heterocycles. The van der Waals surface area contributed by atoms with E-state index in [0.717, 1.165) is 22.5 Å². The van der Waals surface area contributed by atoms with Crippen LogP contribution in [0, 0.1) is 0 Å². The van der Waals surface area contributed by atoms with Crippen molar-refractivity contribution in [2.75, 3.05) is 0 Å². The molecule has 2 aromatic heterocycles. The van der Waals surface area contributed by atoms with Crippen LogP contribution < -0.4 is 10.3 Å². The number of nitrogens with zero attached hydrogens (tertiary/aromatic N) is 2. The van der Waals surface area contributed by atoms with Gasteiger partial charge in [0.2, 0.25) is 0 Å². The van der Waals surface area contributed by atoms with E-state index < -0.39 is 17.1 Å². The summed E-state index contributed by atoms with van der Waals surface area (Å²) in [6.07, 6.45) is 3.63. The quantitative estimate of drug-likeness (QED) is 0.200. The Morgan fingerprint density at radius 3 is 2.37 bits per heavy atom. The molecule has 0 aliphatic carbocycles. The minimum absolute atomic E-state index is 0.0795. The van der Waals surface area contributed by atoms with Crippen LogP contribution in [-0.2, 0) is 0 Å². The van der Waals surface area contributed by atoms with Crippen molar-refractivity contribution in [3.8, 4) is 22.9 Å². The molecule has 0 aliphatic rings. The third kappa shape index (κ3) is 5.20. The molecule has 2 N–H and O–H groups in total. The lowest BCUT2D eigenvalue weighted by molar-refractivity contribution is 0.0692. The van der Waals surface area contributed by atoms with E-state index in [1.165, 1.54) is 0 Å². The molecule has 0 bridgehead atoms. The second-order valence-electron chi connectivity index (χ2n) is 9.31. The summed E-state index contributed by atoms with van der Waals surface area (Å²) in [5, 5.41) is 11.4. The predicted molar refractivity (Wildman–Crippen MR) is 159 cm³/mol. The van der Waals surface area contributed by atoms with E-state index in [-0.39, 0.29) is 11.8 Å². The fourth-order valence-electron chi connectivity index (χ4n) is 4.89. The van der Waals surface area contributed by atoms with Gasteiger partial charge in [0.1, 0.15) is 11.6 Å². The number of hydrogen-bond donors (Lipinski definition) is 2. The number of carboxylic acids is 1. The van der Waals surface area contributed by atoms with Crippen LogP contribution in [0.1, 0.15) is 27.5 Å². The topological polar surface area (TPSA) is 97.2 Å². The molecular formula is C32H21Cl2N3O4. The van der Waals surface area contributed by atoms with Crippen molar-refractivity contribution in [1.29, 1.82) is 0 Å². The largest absolute Gasteiger partial charge is 0.477 e. The molecule has 9 heteroatoms. The van der Waals surface area contributed by atoms with Gasteiger partial charge in [-0.05, 0) is 53.6 Å². The first kappa shape index (κ1) is 26.4. The number of carbonyl (C=O) groups is 1. The molecule has 0 spiro atoms. The predicted octanol–water partition coefficient (Wildman–Crippen LogP) is 7.83. The summed E-state index contributed by atoms with van der Waals surface area (Å²) in [6, 6.07) is 28.9. The maximum atomic E-state index is 12.8. The minimum Gasteiger partial charge on any atom is -0.477 e. The highest BCUT2D eigenvalue weighted by atomic mass is 35.5. The van der Waals surface area contributed by atoms with Crippen molar-refractivity contribution in [2.24, 2.45) is 0 Å². The molecular weight excluding hydrogens is 561 g/mol. The highest BCUT2D eigenvalue weighted by Crippen LogP contribution is 2.37. The number of nitrogens with one attached hydrogen (secondary N) is 1. The Morgan fingerprint density at radius 2 is 1.63 bits per heavy atom. The Morgan fingerprint density at radius 1 is 0.878 bits per heavy atom. The average Bonchev–Trinajstić information content (AvgIpc) is 3.44. The van der Waals surface area contributed by atoms with Gasteiger partial charge in [-0.2, -0.15) is 0 Å². The number of ether oxygens (including phenoxy) is 1. The number of rotatable bonds is 7. The van der Waals surface area contributed by atoms with Gasteiger partial charge >= 0.3 is 5.97 Å². The molecule has 1 unspecified atom stereocenters. The molecule has 0 radical (unpaired) electrons. The number of carboxylic acid groups (broad SMARTS) is 1. The highest BCUT2D eigenvalue weighted by Gasteiger charge is 2.25. The first-order valence-electron chi connectivity index (χ1n) is 12.6. The second kappa shape index (κ2) is 11.0. The lowest BCUT2D eigenvalue weighted by Crippen LogP contribution is -2.19. The third-order valence-electron chi connectivity index (χ3n) is 6.70. The van der Waals surface area contributed by atoms with Crippen LogP contribution in [0.5, 0.6) is 11.5 Å². The molecule has 6 rings (SSSR count). The van der Waals surface area contributed by atoms with E-state index in [1.54, 1.807) is 36.5 Å². The van der Waals surface area contributed by atoms with Gasteiger partial charge in [-0.1, -0.05) is 77.8 Å². The Hall–Kier alpha value is -4.85. The molecule has 4 aromatic carbocycles. The fourth-order valence-corrected chi connectivity index (χ4v) is 5.20. The number of benzene rings is 4. The number of imidazole rings is 1. The van der Waals surface area contributed by atoms with Gasteiger partial charge in [0.15, 0.2) is 11.3 Å². The van der Waals surface area contributed by atoms with Crippen molar-refractivity contribution in [3.63, 3.8) is 0 Å². The van der Waals surface area contributed by atoms with Gasteiger partial charge in [-0.15, -0.1) is 0 Å². The summed E-state index contributed by atoms with van der Waals surface area (Å²) in [5.74, 6) is -0.448. The maximum absolute atomic E-state index is 12.8. The van der Waals surface area contributed by atoms with Crippen molar-refractivity contribution in [1.82, 2.24) is 14.5 Å². The van der Waals surface area contributed by atoms with Crippen LogP contribution in [0.4, 0.5) is 0 Å². The van der Waals surface area contributed by atoms with Gasteiger partial charge in [0, 0.05) is 33.4 Å². The smallest absolute Gasteiger partial charge is 0.345 e. The molecule has 202 valence electrons. The van der Waals surface area contributed by atoms with Gasteiger partial charge in [-0.3, -0.25) is 4.79 Å². The zero-order chi connectivity index (χ0) is 28.5. The second-order valence-corrected chi connectivity index (χ2v) is 10.2. The molecule has 0 saturated carbocycles. The summed E-state index contributed by atoms with van der Waals surface area (Å²) >= 11 is 12.4. The minimum atomic E-state index is -1.41. The van der Waals surface area contributed by atoms with Crippen molar-refractivity contribution >= 4 is 40.1 Å². The van der Waals surface area contributed by atoms with Crippen LogP contribution in [0.15, 0.2) is 114 Å². The van der Waals surface area contributed by atoms with Crippen molar-refractivity contribution in [3.05, 3.63) is 147 Å². The van der Waals surface area contributed by atoms with Crippen LogP contribution in [0.2, 0.25) is 10.0 Å². The monoisotopic (exact) mass is 581 g/mol. The summed E-state index contributed by atoms with van der Waals surface area (Å²) in [6.45, 7) is 0. The Labute approximate surface area is 244 Å². The third-order valence-corrected chi connectivity index (χ3v) is 7.19. The molecule has 0 fully saturated rings. The van der Waals surface area contributed by atoms with Gasteiger partial charge < -0.3 is 19.4 Å². The lowest BCUT2D eigenvalue weighted by atomic mass is 9.95. The number of H-pyrrole nitrogens is 1.